The van der Waals surface area contributed by atoms with E-state index in [0.717, 1.165) is 18.4 Å². The Hall–Kier alpha value is -2.57. The average Bonchev–Trinajstić information content (AvgIpc) is 2.66. The molecule has 0 radical (unpaired) electrons. The molecular formula is C21H30N2O5. The summed E-state index contributed by atoms with van der Waals surface area (Å²) in [6.45, 7) is 7.25. The van der Waals surface area contributed by atoms with Crippen LogP contribution in [0.15, 0.2) is 18.2 Å². The minimum atomic E-state index is -1.01. The predicted octanol–water partition coefficient (Wildman–Crippen LogP) is 2.34. The fourth-order valence-corrected chi connectivity index (χ4v) is 3.40. The van der Waals surface area contributed by atoms with Crippen molar-refractivity contribution < 1.29 is 24.2 Å². The zero-order valence-electron chi connectivity index (χ0n) is 17.1. The third-order valence-corrected chi connectivity index (χ3v) is 4.95. The van der Waals surface area contributed by atoms with Gasteiger partial charge in [0.2, 0.25) is 11.8 Å². The first-order valence-electron chi connectivity index (χ1n) is 9.60. The van der Waals surface area contributed by atoms with Crippen molar-refractivity contribution in [3.8, 4) is 5.75 Å². The Balaban J connectivity index is 1.90. The lowest BCUT2D eigenvalue weighted by atomic mass is 9.91. The summed E-state index contributed by atoms with van der Waals surface area (Å²) >= 11 is 0. The smallest absolute Gasteiger partial charge is 0.335 e. The minimum Gasteiger partial charge on any atom is -0.496 e. The highest BCUT2D eigenvalue weighted by Crippen LogP contribution is 2.24. The molecule has 1 heterocycles. The van der Waals surface area contributed by atoms with Gasteiger partial charge in [-0.25, -0.2) is 4.79 Å². The average molecular weight is 390 g/mol. The van der Waals surface area contributed by atoms with Crippen LogP contribution in [0.4, 0.5) is 0 Å². The summed E-state index contributed by atoms with van der Waals surface area (Å²) in [6.07, 6.45) is 2.13. The lowest BCUT2D eigenvalue weighted by molar-refractivity contribution is -0.142. The van der Waals surface area contributed by atoms with Gasteiger partial charge in [-0.15, -0.1) is 0 Å². The van der Waals surface area contributed by atoms with Crippen LogP contribution in [0.5, 0.6) is 5.75 Å². The Morgan fingerprint density at radius 3 is 2.61 bits per heavy atom. The topological polar surface area (TPSA) is 95.9 Å². The van der Waals surface area contributed by atoms with Gasteiger partial charge in [0.05, 0.1) is 18.6 Å². The van der Waals surface area contributed by atoms with Gasteiger partial charge in [-0.2, -0.15) is 0 Å². The lowest BCUT2D eigenvalue weighted by Gasteiger charge is -2.35. The molecule has 0 saturated carbocycles. The number of amides is 2. The molecule has 0 aliphatic carbocycles. The van der Waals surface area contributed by atoms with E-state index in [4.69, 9.17) is 9.84 Å². The zero-order chi connectivity index (χ0) is 20.9. The molecule has 0 aromatic heterocycles. The van der Waals surface area contributed by atoms with E-state index in [1.54, 1.807) is 11.0 Å². The molecular weight excluding hydrogens is 360 g/mol. The number of ether oxygens (including phenoxy) is 1. The van der Waals surface area contributed by atoms with E-state index in [-0.39, 0.29) is 23.3 Å². The van der Waals surface area contributed by atoms with Crippen molar-refractivity contribution in [2.24, 2.45) is 11.3 Å². The van der Waals surface area contributed by atoms with Gasteiger partial charge in [0.25, 0.3) is 0 Å². The number of likely N-dealkylation sites (tertiary alicyclic amines) is 1. The fourth-order valence-electron chi connectivity index (χ4n) is 3.40. The Labute approximate surface area is 166 Å². The number of hydrogen-bond donors (Lipinski definition) is 2. The summed E-state index contributed by atoms with van der Waals surface area (Å²) in [5.41, 5.74) is 0.549. The number of hydrogen-bond acceptors (Lipinski definition) is 4. The van der Waals surface area contributed by atoms with E-state index >= 15 is 0 Å². The van der Waals surface area contributed by atoms with Gasteiger partial charge in [-0.1, -0.05) is 26.8 Å². The van der Waals surface area contributed by atoms with Crippen LogP contribution in [0.25, 0.3) is 0 Å². The maximum absolute atomic E-state index is 12.5. The molecule has 1 aliphatic rings. The van der Waals surface area contributed by atoms with Crippen molar-refractivity contribution >= 4 is 17.8 Å². The third kappa shape index (κ3) is 5.47. The van der Waals surface area contributed by atoms with Crippen LogP contribution in [0.1, 0.15) is 49.5 Å². The number of carbonyl (C=O) groups is 3. The number of carboxylic acid groups (broad SMARTS) is 1. The first kappa shape index (κ1) is 21.7. The first-order chi connectivity index (χ1) is 13.1. The van der Waals surface area contributed by atoms with Crippen molar-refractivity contribution in [3.05, 3.63) is 29.3 Å². The molecule has 7 heteroatoms. The van der Waals surface area contributed by atoms with Crippen LogP contribution >= 0.6 is 0 Å². The molecule has 1 saturated heterocycles. The van der Waals surface area contributed by atoms with Crippen molar-refractivity contribution in [1.82, 2.24) is 10.2 Å². The lowest BCUT2D eigenvalue weighted by Crippen LogP contribution is -2.48. The Kier molecular flexibility index (Phi) is 7.05. The SMILES string of the molecule is COc1cc(C(=O)O)ccc1CCNC(=O)C1CCCN(C(=O)C(C)(C)C)C1. The molecule has 0 bridgehead atoms. The van der Waals surface area contributed by atoms with Gasteiger partial charge in [0.15, 0.2) is 0 Å². The van der Waals surface area contributed by atoms with Crippen LogP contribution in [0.2, 0.25) is 0 Å². The minimum absolute atomic E-state index is 0.0486. The van der Waals surface area contributed by atoms with E-state index < -0.39 is 11.4 Å². The molecule has 1 aromatic rings. The fraction of sp³-hybridized carbons (Fsp3) is 0.571. The second kappa shape index (κ2) is 9.08. The van der Waals surface area contributed by atoms with Crippen molar-refractivity contribution in [2.45, 2.75) is 40.0 Å². The van der Waals surface area contributed by atoms with Crippen LogP contribution < -0.4 is 10.1 Å². The first-order valence-corrected chi connectivity index (χ1v) is 9.60. The van der Waals surface area contributed by atoms with Crippen LogP contribution in [0, 0.1) is 11.3 Å². The number of piperidine rings is 1. The van der Waals surface area contributed by atoms with Gasteiger partial charge in [-0.05, 0) is 37.0 Å². The summed E-state index contributed by atoms with van der Waals surface area (Å²) in [4.78, 5) is 37.9. The molecule has 154 valence electrons. The van der Waals surface area contributed by atoms with E-state index in [9.17, 15) is 14.4 Å². The largest absolute Gasteiger partial charge is 0.496 e. The molecule has 1 fully saturated rings. The summed E-state index contributed by atoms with van der Waals surface area (Å²) in [7, 11) is 1.49. The Bertz CT molecular complexity index is 739. The number of carboxylic acids is 1. The number of benzene rings is 1. The Morgan fingerprint density at radius 1 is 1.29 bits per heavy atom. The molecule has 1 atom stereocenters. The summed E-state index contributed by atoms with van der Waals surface area (Å²) in [6, 6.07) is 4.72. The van der Waals surface area contributed by atoms with Gasteiger partial charge in [0, 0.05) is 25.0 Å². The molecule has 7 nitrogen and oxygen atoms in total. The molecule has 28 heavy (non-hydrogen) atoms. The second-order valence-electron chi connectivity index (χ2n) is 8.21. The number of methoxy groups -OCH3 is 1. The monoisotopic (exact) mass is 390 g/mol. The standard InChI is InChI=1S/C21H30N2O5/c1-21(2,3)20(27)23-11-5-6-16(13-23)18(24)22-10-9-14-7-8-15(19(25)26)12-17(14)28-4/h7-8,12,16H,5-6,9-11,13H2,1-4H3,(H,22,24)(H,25,26). The molecule has 0 spiro atoms. The number of aromatic carboxylic acids is 1. The van der Waals surface area contributed by atoms with Crippen molar-refractivity contribution in [1.29, 1.82) is 0 Å². The predicted molar refractivity (Wildman–Crippen MR) is 105 cm³/mol. The second-order valence-corrected chi connectivity index (χ2v) is 8.21. The van der Waals surface area contributed by atoms with E-state index in [0.29, 0.717) is 31.8 Å². The highest BCUT2D eigenvalue weighted by atomic mass is 16.5. The number of rotatable bonds is 6. The number of nitrogens with one attached hydrogen (secondary N) is 1. The van der Waals surface area contributed by atoms with E-state index in [2.05, 4.69) is 5.32 Å². The third-order valence-electron chi connectivity index (χ3n) is 4.95. The van der Waals surface area contributed by atoms with E-state index in [1.807, 2.05) is 20.8 Å². The van der Waals surface area contributed by atoms with Crippen LogP contribution in [-0.2, 0) is 16.0 Å². The molecule has 2 amide bonds. The van der Waals surface area contributed by atoms with E-state index in [1.165, 1.54) is 19.2 Å². The summed E-state index contributed by atoms with van der Waals surface area (Å²) in [5, 5.41) is 12.0. The summed E-state index contributed by atoms with van der Waals surface area (Å²) in [5.74, 6) is -0.685. The van der Waals surface area contributed by atoms with Gasteiger partial charge in [0.1, 0.15) is 5.75 Å². The molecule has 2 N–H and O–H groups in total. The molecule has 2 rings (SSSR count). The highest BCUT2D eigenvalue weighted by molar-refractivity contribution is 5.88. The van der Waals surface area contributed by atoms with Gasteiger partial charge >= 0.3 is 5.97 Å². The van der Waals surface area contributed by atoms with Crippen LogP contribution in [-0.4, -0.2) is 54.5 Å². The number of nitrogens with zero attached hydrogens (tertiary/aromatic N) is 1. The van der Waals surface area contributed by atoms with Crippen LogP contribution in [0.3, 0.4) is 0 Å². The number of carbonyl (C=O) groups excluding carboxylic acids is 2. The highest BCUT2D eigenvalue weighted by Gasteiger charge is 2.33. The Morgan fingerprint density at radius 2 is 2.00 bits per heavy atom. The maximum atomic E-state index is 12.5. The zero-order valence-corrected chi connectivity index (χ0v) is 17.1. The summed E-state index contributed by atoms with van der Waals surface area (Å²) < 4.78 is 5.26. The van der Waals surface area contributed by atoms with Crippen molar-refractivity contribution in [3.63, 3.8) is 0 Å². The van der Waals surface area contributed by atoms with Gasteiger partial charge < -0.3 is 20.1 Å². The van der Waals surface area contributed by atoms with Gasteiger partial charge in [-0.3, -0.25) is 9.59 Å². The maximum Gasteiger partial charge on any atom is 0.335 e. The molecule has 1 aliphatic heterocycles. The normalized spacial score (nSPS) is 17.1. The molecule has 1 unspecified atom stereocenters. The molecule has 1 aromatic carbocycles. The quantitative estimate of drug-likeness (QED) is 0.777. The van der Waals surface area contributed by atoms with Crippen molar-refractivity contribution in [2.75, 3.05) is 26.7 Å².